The third-order valence-corrected chi connectivity index (χ3v) is 9.20. The first-order valence-electron chi connectivity index (χ1n) is 15.8. The van der Waals surface area contributed by atoms with Crippen LogP contribution < -0.4 is 4.90 Å². The fourth-order valence-electron chi connectivity index (χ4n) is 7.06. The number of oxazole rings is 1. The summed E-state index contributed by atoms with van der Waals surface area (Å²) in [7, 11) is 0. The van der Waals surface area contributed by atoms with Crippen molar-refractivity contribution in [2.45, 2.75) is 0 Å². The minimum Gasteiger partial charge on any atom is -0.456 e. The Bertz CT molecular complexity index is 2630. The number of furan rings is 1. The van der Waals surface area contributed by atoms with Gasteiger partial charge in [-0.3, -0.25) is 0 Å². The molecule has 2 aromatic heterocycles. The average Bonchev–Trinajstić information content (AvgIpc) is 3.82. The van der Waals surface area contributed by atoms with E-state index in [2.05, 4.69) is 120 Å². The molecule has 7 aromatic carbocycles. The topological polar surface area (TPSA) is 42.4 Å². The van der Waals surface area contributed by atoms with Gasteiger partial charge in [-0.15, -0.1) is 0 Å². The second kappa shape index (κ2) is 10.1. The van der Waals surface area contributed by atoms with Gasteiger partial charge in [0, 0.05) is 56.0 Å². The van der Waals surface area contributed by atoms with Gasteiger partial charge < -0.3 is 13.7 Å². The van der Waals surface area contributed by atoms with Crippen LogP contribution in [0, 0.1) is 0 Å². The average molecular weight is 603 g/mol. The molecule has 0 fully saturated rings. The van der Waals surface area contributed by atoms with Crippen LogP contribution in [-0.2, 0) is 0 Å². The summed E-state index contributed by atoms with van der Waals surface area (Å²) >= 11 is 0. The van der Waals surface area contributed by atoms with Gasteiger partial charge in [0.2, 0.25) is 5.89 Å². The van der Waals surface area contributed by atoms with Crippen molar-refractivity contribution in [3.8, 4) is 45.2 Å². The Hall–Kier alpha value is -6.39. The zero-order valence-electron chi connectivity index (χ0n) is 25.2. The van der Waals surface area contributed by atoms with Crippen LogP contribution in [0.1, 0.15) is 0 Å². The van der Waals surface area contributed by atoms with Gasteiger partial charge in [0.25, 0.3) is 0 Å². The molecule has 10 rings (SSSR count). The first-order chi connectivity index (χ1) is 23.3. The Balaban J connectivity index is 1.20. The summed E-state index contributed by atoms with van der Waals surface area (Å²) in [5, 5.41) is 4.52. The SMILES string of the molecule is c1ccc(-c2cccc(N(c3cc4c5c(cccc5c3)-c3nc(-c5ccccc5)oc3-4)c3ccc4c(c3)oc3ccccc34)c2)cc1. The van der Waals surface area contributed by atoms with Gasteiger partial charge in [-0.2, -0.15) is 0 Å². The lowest BCUT2D eigenvalue weighted by molar-refractivity contribution is 0.590. The van der Waals surface area contributed by atoms with Gasteiger partial charge in [0.1, 0.15) is 16.9 Å². The van der Waals surface area contributed by atoms with Crippen LogP contribution >= 0.6 is 0 Å². The zero-order valence-corrected chi connectivity index (χ0v) is 25.2. The lowest BCUT2D eigenvalue weighted by Crippen LogP contribution is -2.10. The molecule has 220 valence electrons. The quantitative estimate of drug-likeness (QED) is 0.197. The molecule has 0 atom stereocenters. The number of aromatic nitrogens is 1. The van der Waals surface area contributed by atoms with Crippen molar-refractivity contribution in [3.63, 3.8) is 0 Å². The lowest BCUT2D eigenvalue weighted by atomic mass is 10.0. The van der Waals surface area contributed by atoms with Crippen molar-refractivity contribution < 1.29 is 8.83 Å². The van der Waals surface area contributed by atoms with Gasteiger partial charge in [0.15, 0.2) is 5.76 Å². The van der Waals surface area contributed by atoms with Crippen molar-refractivity contribution in [2.75, 3.05) is 4.90 Å². The molecule has 0 aliphatic heterocycles. The summed E-state index contributed by atoms with van der Waals surface area (Å²) in [5.41, 5.74) is 11.1. The van der Waals surface area contributed by atoms with Crippen LogP contribution in [0.2, 0.25) is 0 Å². The molecule has 1 aliphatic carbocycles. The van der Waals surface area contributed by atoms with E-state index in [4.69, 9.17) is 13.8 Å². The number of nitrogens with zero attached hydrogens (tertiary/aromatic N) is 2. The Kier molecular flexibility index (Phi) is 5.54. The summed E-state index contributed by atoms with van der Waals surface area (Å²) < 4.78 is 12.9. The highest BCUT2D eigenvalue weighted by molar-refractivity contribution is 6.15. The Morgan fingerprint density at radius 3 is 2.04 bits per heavy atom. The summed E-state index contributed by atoms with van der Waals surface area (Å²) in [6.07, 6.45) is 0. The number of anilines is 3. The second-order valence-corrected chi connectivity index (χ2v) is 12.0. The molecule has 4 heteroatoms. The maximum Gasteiger partial charge on any atom is 0.227 e. The first-order valence-corrected chi connectivity index (χ1v) is 15.8. The molecule has 9 aromatic rings. The highest BCUT2D eigenvalue weighted by Gasteiger charge is 2.30. The van der Waals surface area contributed by atoms with E-state index in [1.165, 1.54) is 10.9 Å². The zero-order chi connectivity index (χ0) is 30.9. The number of benzene rings is 7. The summed E-state index contributed by atoms with van der Waals surface area (Å²) in [5.74, 6) is 1.44. The van der Waals surface area contributed by atoms with E-state index in [-0.39, 0.29) is 0 Å². The second-order valence-electron chi connectivity index (χ2n) is 12.0. The largest absolute Gasteiger partial charge is 0.456 e. The summed E-state index contributed by atoms with van der Waals surface area (Å²) in [4.78, 5) is 7.31. The van der Waals surface area contributed by atoms with Crippen LogP contribution in [0.25, 0.3) is 77.9 Å². The molecular formula is C43H26N2O2. The normalized spacial score (nSPS) is 11.8. The van der Waals surface area contributed by atoms with E-state index < -0.39 is 0 Å². The maximum absolute atomic E-state index is 6.55. The van der Waals surface area contributed by atoms with Gasteiger partial charge in [-0.1, -0.05) is 97.1 Å². The van der Waals surface area contributed by atoms with Crippen molar-refractivity contribution in [1.82, 2.24) is 4.98 Å². The van der Waals surface area contributed by atoms with Gasteiger partial charge in [0.05, 0.1) is 0 Å². The Morgan fingerprint density at radius 1 is 0.447 bits per heavy atom. The monoisotopic (exact) mass is 602 g/mol. The number of hydrogen-bond acceptors (Lipinski definition) is 4. The highest BCUT2D eigenvalue weighted by Crippen LogP contribution is 2.51. The van der Waals surface area contributed by atoms with Crippen LogP contribution in [0.15, 0.2) is 167 Å². The lowest BCUT2D eigenvalue weighted by Gasteiger charge is -2.27. The third kappa shape index (κ3) is 4.05. The van der Waals surface area contributed by atoms with E-state index in [0.29, 0.717) is 5.89 Å². The van der Waals surface area contributed by atoms with Crippen molar-refractivity contribution in [2.24, 2.45) is 0 Å². The van der Waals surface area contributed by atoms with Crippen LogP contribution in [-0.4, -0.2) is 4.98 Å². The Labute approximate surface area is 270 Å². The molecule has 0 amide bonds. The molecule has 0 bridgehead atoms. The standard InChI is InChI=1S/C43H26N2O2/c1-3-11-27(12-4-1)29-15-9-17-31(23-29)45(32-21-22-35-34-18-7-8-20-38(34)46-39(35)26-32)33-24-30-16-10-19-36-40(30)37(25-33)42-41(36)44-43(47-42)28-13-5-2-6-14-28/h1-26H. The number of rotatable bonds is 5. The van der Waals surface area contributed by atoms with Gasteiger partial charge in [-0.25, -0.2) is 4.98 Å². The molecule has 0 unspecified atom stereocenters. The predicted octanol–water partition coefficient (Wildman–Crippen LogP) is 12.2. The molecular weight excluding hydrogens is 576 g/mol. The molecule has 0 radical (unpaired) electrons. The van der Waals surface area contributed by atoms with Crippen LogP contribution in [0.3, 0.4) is 0 Å². The summed E-state index contributed by atoms with van der Waals surface area (Å²) in [6.45, 7) is 0. The van der Waals surface area contributed by atoms with E-state index in [9.17, 15) is 0 Å². The molecule has 4 nitrogen and oxygen atoms in total. The molecule has 0 saturated heterocycles. The van der Waals surface area contributed by atoms with Crippen molar-refractivity contribution in [1.29, 1.82) is 0 Å². The van der Waals surface area contributed by atoms with E-state index in [1.807, 2.05) is 42.5 Å². The first kappa shape index (κ1) is 25.9. The molecule has 0 saturated carbocycles. The third-order valence-electron chi connectivity index (χ3n) is 9.20. The van der Waals surface area contributed by atoms with Crippen LogP contribution in [0.4, 0.5) is 17.1 Å². The minimum atomic E-state index is 0.631. The number of hydrogen-bond donors (Lipinski definition) is 0. The van der Waals surface area contributed by atoms with E-state index >= 15 is 0 Å². The van der Waals surface area contributed by atoms with Crippen molar-refractivity contribution >= 4 is 49.8 Å². The molecule has 47 heavy (non-hydrogen) atoms. The highest BCUT2D eigenvalue weighted by atomic mass is 16.4. The van der Waals surface area contributed by atoms with Gasteiger partial charge in [-0.05, 0) is 71.1 Å². The molecule has 0 N–H and O–H groups in total. The summed E-state index contributed by atoms with van der Waals surface area (Å²) in [6, 6.07) is 55.0. The molecule has 0 spiro atoms. The van der Waals surface area contributed by atoms with Gasteiger partial charge >= 0.3 is 0 Å². The van der Waals surface area contributed by atoms with E-state index in [0.717, 1.165) is 78.1 Å². The fourth-order valence-corrected chi connectivity index (χ4v) is 7.06. The van der Waals surface area contributed by atoms with Crippen molar-refractivity contribution in [3.05, 3.63) is 158 Å². The Morgan fingerprint density at radius 2 is 1.17 bits per heavy atom. The van der Waals surface area contributed by atoms with Crippen LogP contribution in [0.5, 0.6) is 0 Å². The predicted molar refractivity (Wildman–Crippen MR) is 191 cm³/mol. The number of fused-ring (bicyclic) bond motifs is 6. The minimum absolute atomic E-state index is 0.631. The van der Waals surface area contributed by atoms with E-state index in [1.54, 1.807) is 0 Å². The maximum atomic E-state index is 6.55. The molecule has 2 heterocycles. The molecule has 1 aliphatic rings. The fraction of sp³-hybridized carbons (Fsp3) is 0. The number of para-hydroxylation sites is 1. The smallest absolute Gasteiger partial charge is 0.227 e.